The summed E-state index contributed by atoms with van der Waals surface area (Å²) < 4.78 is 21.5. The fourth-order valence-electron chi connectivity index (χ4n) is 2.56. The zero-order chi connectivity index (χ0) is 16.9. The molecule has 3 aromatic rings. The number of oxazole rings is 1. The topological polar surface area (TPSA) is 47.1 Å². The van der Waals surface area contributed by atoms with Crippen LogP contribution in [-0.2, 0) is 13.1 Å². The predicted octanol–water partition coefficient (Wildman–Crippen LogP) is 3.51. The molecule has 0 spiro atoms. The molecular weight excluding hydrogens is 307 g/mol. The van der Waals surface area contributed by atoms with E-state index >= 15 is 0 Å². The Morgan fingerprint density at radius 3 is 2.79 bits per heavy atom. The second-order valence-corrected chi connectivity index (χ2v) is 5.64. The van der Waals surface area contributed by atoms with Crippen LogP contribution in [0.15, 0.2) is 47.1 Å². The highest BCUT2D eigenvalue weighted by Crippen LogP contribution is 2.24. The summed E-state index contributed by atoms with van der Waals surface area (Å²) in [5.41, 5.74) is 1.24. The molecule has 0 amide bonds. The molecule has 2 aromatic heterocycles. The zero-order valence-corrected chi connectivity index (χ0v) is 13.9. The average Bonchev–Trinajstić information content (AvgIpc) is 3.22. The Balaban J connectivity index is 1.71. The Morgan fingerprint density at radius 2 is 2.08 bits per heavy atom. The number of hydrogen-bond acceptors (Lipinski definition) is 4. The van der Waals surface area contributed by atoms with Crippen molar-refractivity contribution in [1.82, 2.24) is 19.7 Å². The number of benzene rings is 1. The molecule has 2 heterocycles. The van der Waals surface area contributed by atoms with Gasteiger partial charge in [0.2, 0.25) is 5.89 Å². The lowest BCUT2D eigenvalue weighted by Gasteiger charge is -2.19. The Bertz CT molecular complexity index is 782. The summed E-state index contributed by atoms with van der Waals surface area (Å²) in [7, 11) is 0. The maximum Gasteiger partial charge on any atom is 0.229 e. The maximum absolute atomic E-state index is 13.9. The van der Waals surface area contributed by atoms with Crippen molar-refractivity contribution in [1.29, 1.82) is 0 Å². The van der Waals surface area contributed by atoms with Crippen LogP contribution in [0.1, 0.15) is 18.4 Å². The third kappa shape index (κ3) is 3.71. The van der Waals surface area contributed by atoms with E-state index in [-0.39, 0.29) is 5.82 Å². The van der Waals surface area contributed by atoms with E-state index in [1.54, 1.807) is 24.4 Å². The van der Waals surface area contributed by atoms with Gasteiger partial charge in [0.15, 0.2) is 0 Å². The molecule has 24 heavy (non-hydrogen) atoms. The molecule has 1 aromatic carbocycles. The van der Waals surface area contributed by atoms with Crippen molar-refractivity contribution >= 4 is 0 Å². The Morgan fingerprint density at radius 1 is 1.25 bits per heavy atom. The van der Waals surface area contributed by atoms with Crippen molar-refractivity contribution in [3.8, 4) is 11.5 Å². The van der Waals surface area contributed by atoms with Gasteiger partial charge < -0.3 is 4.42 Å². The van der Waals surface area contributed by atoms with E-state index in [9.17, 15) is 4.39 Å². The van der Waals surface area contributed by atoms with Crippen LogP contribution in [0.5, 0.6) is 0 Å². The minimum atomic E-state index is -0.323. The summed E-state index contributed by atoms with van der Waals surface area (Å²) in [5.74, 6) is 0.742. The summed E-state index contributed by atoms with van der Waals surface area (Å²) in [4.78, 5) is 6.76. The normalized spacial score (nSPS) is 11.3. The first-order chi connectivity index (χ1) is 11.7. The molecule has 0 N–H and O–H groups in total. The van der Waals surface area contributed by atoms with E-state index in [0.717, 1.165) is 31.1 Å². The van der Waals surface area contributed by atoms with Gasteiger partial charge in [-0.25, -0.2) is 9.37 Å². The monoisotopic (exact) mass is 328 g/mol. The molecular formula is C18H21FN4O. The van der Waals surface area contributed by atoms with Gasteiger partial charge in [0.1, 0.15) is 11.6 Å². The highest BCUT2D eigenvalue weighted by molar-refractivity contribution is 5.54. The van der Waals surface area contributed by atoms with Crippen LogP contribution in [-0.4, -0.2) is 32.8 Å². The van der Waals surface area contributed by atoms with Gasteiger partial charge >= 0.3 is 0 Å². The molecule has 0 aliphatic carbocycles. The van der Waals surface area contributed by atoms with Crippen molar-refractivity contribution in [3.05, 3.63) is 60.0 Å². The van der Waals surface area contributed by atoms with E-state index in [1.807, 2.05) is 23.9 Å². The van der Waals surface area contributed by atoms with Gasteiger partial charge in [-0.2, -0.15) is 5.10 Å². The summed E-state index contributed by atoms with van der Waals surface area (Å²) in [6, 6.07) is 8.44. The molecule has 6 heteroatoms. The van der Waals surface area contributed by atoms with Gasteiger partial charge in [-0.15, -0.1) is 0 Å². The van der Waals surface area contributed by atoms with Crippen LogP contribution in [0.2, 0.25) is 0 Å². The van der Waals surface area contributed by atoms with Crippen LogP contribution in [0.25, 0.3) is 11.5 Å². The molecule has 5 nitrogen and oxygen atoms in total. The molecule has 0 fully saturated rings. The molecule has 0 atom stereocenters. The van der Waals surface area contributed by atoms with E-state index in [0.29, 0.717) is 18.0 Å². The summed E-state index contributed by atoms with van der Waals surface area (Å²) in [6.45, 7) is 7.21. The van der Waals surface area contributed by atoms with Gasteiger partial charge in [-0.3, -0.25) is 9.58 Å². The second-order valence-electron chi connectivity index (χ2n) is 5.64. The first-order valence-electron chi connectivity index (χ1n) is 8.08. The fourth-order valence-corrected chi connectivity index (χ4v) is 2.56. The number of aryl methyl sites for hydroxylation is 1. The highest BCUT2D eigenvalue weighted by Gasteiger charge is 2.16. The predicted molar refractivity (Wildman–Crippen MR) is 89.8 cm³/mol. The van der Waals surface area contributed by atoms with Crippen LogP contribution in [0.3, 0.4) is 0 Å². The SMILES string of the molecule is CCN(CCn1cccn1)Cc1nc(-c2ccccc2F)oc1C. The van der Waals surface area contributed by atoms with Crippen LogP contribution in [0.4, 0.5) is 4.39 Å². The van der Waals surface area contributed by atoms with E-state index in [2.05, 4.69) is 21.9 Å². The molecule has 0 saturated heterocycles. The molecule has 0 aliphatic heterocycles. The third-order valence-electron chi connectivity index (χ3n) is 4.02. The minimum absolute atomic E-state index is 0.323. The number of likely N-dealkylation sites (N-methyl/N-ethyl adjacent to an activating group) is 1. The lowest BCUT2D eigenvalue weighted by Crippen LogP contribution is -2.27. The maximum atomic E-state index is 13.9. The lowest BCUT2D eigenvalue weighted by atomic mass is 10.2. The van der Waals surface area contributed by atoms with Gasteiger partial charge in [-0.1, -0.05) is 19.1 Å². The number of rotatable bonds is 7. The van der Waals surface area contributed by atoms with E-state index in [4.69, 9.17) is 4.42 Å². The standard InChI is InChI=1S/C18H21FN4O/c1-3-22(11-12-23-10-6-9-20-23)13-17-14(2)24-18(21-17)15-7-4-5-8-16(15)19/h4-10H,3,11-13H2,1-2H3. The Hall–Kier alpha value is -2.47. The number of hydrogen-bond donors (Lipinski definition) is 0. The zero-order valence-electron chi connectivity index (χ0n) is 13.9. The first kappa shape index (κ1) is 16.4. The molecule has 0 bridgehead atoms. The fraction of sp³-hybridized carbons (Fsp3) is 0.333. The molecule has 0 radical (unpaired) electrons. The summed E-state index contributed by atoms with van der Waals surface area (Å²) in [6.07, 6.45) is 3.73. The van der Waals surface area contributed by atoms with Crippen molar-refractivity contribution in [2.45, 2.75) is 26.9 Å². The first-order valence-corrected chi connectivity index (χ1v) is 8.08. The molecule has 3 rings (SSSR count). The van der Waals surface area contributed by atoms with Gasteiger partial charge in [0.05, 0.1) is 17.8 Å². The van der Waals surface area contributed by atoms with E-state index in [1.165, 1.54) is 6.07 Å². The largest absolute Gasteiger partial charge is 0.441 e. The highest BCUT2D eigenvalue weighted by atomic mass is 19.1. The van der Waals surface area contributed by atoms with Gasteiger partial charge in [0.25, 0.3) is 0 Å². The van der Waals surface area contributed by atoms with Crippen molar-refractivity contribution < 1.29 is 8.81 Å². The molecule has 0 saturated carbocycles. The van der Waals surface area contributed by atoms with Crippen molar-refractivity contribution in [3.63, 3.8) is 0 Å². The number of halogens is 1. The second kappa shape index (κ2) is 7.40. The lowest BCUT2D eigenvalue weighted by molar-refractivity contribution is 0.259. The number of nitrogens with zero attached hydrogens (tertiary/aromatic N) is 4. The van der Waals surface area contributed by atoms with Crippen LogP contribution >= 0.6 is 0 Å². The smallest absolute Gasteiger partial charge is 0.229 e. The van der Waals surface area contributed by atoms with Crippen molar-refractivity contribution in [2.24, 2.45) is 0 Å². The molecule has 126 valence electrons. The van der Waals surface area contributed by atoms with Crippen LogP contribution in [0, 0.1) is 12.7 Å². The minimum Gasteiger partial charge on any atom is -0.441 e. The van der Waals surface area contributed by atoms with Gasteiger partial charge in [-0.05, 0) is 31.7 Å². The van der Waals surface area contributed by atoms with E-state index < -0.39 is 0 Å². The van der Waals surface area contributed by atoms with Crippen LogP contribution < -0.4 is 0 Å². The third-order valence-corrected chi connectivity index (χ3v) is 4.02. The Labute approximate surface area is 140 Å². The molecule has 0 aliphatic rings. The number of aromatic nitrogens is 3. The summed E-state index contributed by atoms with van der Waals surface area (Å²) >= 11 is 0. The average molecular weight is 328 g/mol. The molecule has 0 unspecified atom stereocenters. The van der Waals surface area contributed by atoms with Gasteiger partial charge in [0, 0.05) is 25.5 Å². The van der Waals surface area contributed by atoms with Crippen molar-refractivity contribution in [2.75, 3.05) is 13.1 Å². The quantitative estimate of drug-likeness (QED) is 0.666. The summed E-state index contributed by atoms with van der Waals surface area (Å²) in [5, 5.41) is 4.21. The Kier molecular flexibility index (Phi) is 5.05.